The lowest BCUT2D eigenvalue weighted by Gasteiger charge is -2.05. The quantitative estimate of drug-likeness (QED) is 0.436. The molecular weight excluding hydrogens is 130 g/mol. The fourth-order valence-electron chi connectivity index (χ4n) is 0.475. The van der Waals surface area contributed by atoms with E-state index >= 15 is 0 Å². The van der Waals surface area contributed by atoms with E-state index in [2.05, 4.69) is 10.7 Å². The molecule has 0 bridgehead atoms. The van der Waals surface area contributed by atoms with Crippen molar-refractivity contribution in [1.29, 1.82) is 0 Å². The monoisotopic (exact) mass is 141 g/mol. The van der Waals surface area contributed by atoms with Crippen molar-refractivity contribution >= 4 is 5.97 Å². The lowest BCUT2D eigenvalue weighted by molar-refractivity contribution is -0.145. The highest BCUT2D eigenvalue weighted by Gasteiger charge is 2.13. The van der Waals surface area contributed by atoms with Crippen molar-refractivity contribution in [2.24, 2.45) is 11.7 Å². The Morgan fingerprint density at radius 1 is 1.90 bits per heavy atom. The molecule has 0 aliphatic carbocycles. The Morgan fingerprint density at radius 2 is 2.50 bits per heavy atom. The number of hydrogen-bond acceptors (Lipinski definition) is 3. The SMILES string of the molecule is C#CC(CN)C(=O)OCC. The highest BCUT2D eigenvalue weighted by molar-refractivity contribution is 5.75. The average Bonchev–Trinajstić information content (AvgIpc) is 1.91. The smallest absolute Gasteiger partial charge is 0.322 e. The summed E-state index contributed by atoms with van der Waals surface area (Å²) in [5, 5.41) is 0. The first kappa shape index (κ1) is 8.99. The second-order valence-corrected chi connectivity index (χ2v) is 1.71. The number of nitrogens with two attached hydrogens (primary N) is 1. The Labute approximate surface area is 60.5 Å². The largest absolute Gasteiger partial charge is 0.465 e. The predicted octanol–water partition coefficient (Wildman–Crippen LogP) is -0.242. The first-order chi connectivity index (χ1) is 4.76. The first-order valence-corrected chi connectivity index (χ1v) is 3.09. The summed E-state index contributed by atoms with van der Waals surface area (Å²) in [5.74, 6) is 1.24. The maximum absolute atomic E-state index is 10.8. The Morgan fingerprint density at radius 3 is 2.80 bits per heavy atom. The number of hydrogen-bond donors (Lipinski definition) is 1. The lowest BCUT2D eigenvalue weighted by Crippen LogP contribution is -2.24. The predicted molar refractivity (Wildman–Crippen MR) is 38.0 cm³/mol. The van der Waals surface area contributed by atoms with Crippen LogP contribution in [0.15, 0.2) is 0 Å². The molecule has 0 saturated heterocycles. The van der Waals surface area contributed by atoms with E-state index in [4.69, 9.17) is 12.2 Å². The van der Waals surface area contributed by atoms with Crippen molar-refractivity contribution < 1.29 is 9.53 Å². The van der Waals surface area contributed by atoms with Gasteiger partial charge >= 0.3 is 5.97 Å². The van der Waals surface area contributed by atoms with Gasteiger partial charge in [-0.15, -0.1) is 6.42 Å². The fourth-order valence-corrected chi connectivity index (χ4v) is 0.475. The van der Waals surface area contributed by atoms with E-state index in [-0.39, 0.29) is 6.54 Å². The van der Waals surface area contributed by atoms with Gasteiger partial charge in [-0.25, -0.2) is 0 Å². The minimum Gasteiger partial charge on any atom is -0.465 e. The highest BCUT2D eigenvalue weighted by Crippen LogP contribution is 1.94. The summed E-state index contributed by atoms with van der Waals surface area (Å²) in [6.45, 7) is 2.22. The number of terminal acetylenes is 1. The van der Waals surface area contributed by atoms with Gasteiger partial charge in [0.05, 0.1) is 6.61 Å². The molecule has 0 aromatic heterocycles. The molecule has 1 atom stereocenters. The summed E-state index contributed by atoms with van der Waals surface area (Å²) in [6, 6.07) is 0. The molecule has 56 valence electrons. The van der Waals surface area contributed by atoms with Crippen LogP contribution in [0.3, 0.4) is 0 Å². The number of esters is 1. The van der Waals surface area contributed by atoms with Crippen molar-refractivity contribution in [2.45, 2.75) is 6.92 Å². The van der Waals surface area contributed by atoms with Crippen molar-refractivity contribution in [3.63, 3.8) is 0 Å². The van der Waals surface area contributed by atoms with Gasteiger partial charge in [0.1, 0.15) is 5.92 Å². The minimum absolute atomic E-state index is 0.148. The minimum atomic E-state index is -0.583. The molecule has 0 aliphatic rings. The van der Waals surface area contributed by atoms with Crippen LogP contribution in [0.2, 0.25) is 0 Å². The van der Waals surface area contributed by atoms with Gasteiger partial charge in [-0.3, -0.25) is 4.79 Å². The molecule has 3 nitrogen and oxygen atoms in total. The average molecular weight is 141 g/mol. The molecular formula is C7H11NO2. The van der Waals surface area contributed by atoms with Gasteiger partial charge in [-0.1, -0.05) is 5.92 Å². The molecule has 3 heteroatoms. The Kier molecular flexibility index (Phi) is 4.34. The molecule has 0 heterocycles. The summed E-state index contributed by atoms with van der Waals surface area (Å²) < 4.78 is 4.62. The van der Waals surface area contributed by atoms with Crippen LogP contribution in [0, 0.1) is 18.3 Å². The van der Waals surface area contributed by atoms with Crippen LogP contribution in [0.25, 0.3) is 0 Å². The zero-order valence-corrected chi connectivity index (χ0v) is 5.96. The second kappa shape index (κ2) is 4.83. The molecule has 0 aromatic rings. The Bertz CT molecular complexity index is 148. The van der Waals surface area contributed by atoms with Crippen LogP contribution >= 0.6 is 0 Å². The van der Waals surface area contributed by atoms with E-state index in [9.17, 15) is 4.79 Å². The van der Waals surface area contributed by atoms with E-state index in [1.54, 1.807) is 6.92 Å². The molecule has 0 rings (SSSR count). The molecule has 0 amide bonds. The molecule has 0 aromatic carbocycles. The summed E-state index contributed by atoms with van der Waals surface area (Å²) in [4.78, 5) is 10.8. The van der Waals surface area contributed by atoms with Crippen molar-refractivity contribution in [1.82, 2.24) is 0 Å². The zero-order valence-electron chi connectivity index (χ0n) is 5.96. The number of rotatable bonds is 3. The summed E-state index contributed by atoms with van der Waals surface area (Å²) in [7, 11) is 0. The van der Waals surface area contributed by atoms with E-state index in [1.807, 2.05) is 0 Å². The molecule has 0 aliphatic heterocycles. The van der Waals surface area contributed by atoms with Crippen LogP contribution in [0.5, 0.6) is 0 Å². The van der Waals surface area contributed by atoms with Crippen LogP contribution in [0.1, 0.15) is 6.92 Å². The van der Waals surface area contributed by atoms with Crippen molar-refractivity contribution in [3.8, 4) is 12.3 Å². The first-order valence-electron chi connectivity index (χ1n) is 3.09. The van der Waals surface area contributed by atoms with E-state index in [1.165, 1.54) is 0 Å². The standard InChI is InChI=1S/C7H11NO2/c1-3-6(5-8)7(9)10-4-2/h1,6H,4-5,8H2,2H3. The third-order valence-corrected chi connectivity index (χ3v) is 1.01. The second-order valence-electron chi connectivity index (χ2n) is 1.71. The number of carbonyl (C=O) groups is 1. The number of ether oxygens (including phenoxy) is 1. The summed E-state index contributed by atoms with van der Waals surface area (Å²) in [5.41, 5.74) is 5.17. The van der Waals surface area contributed by atoms with Gasteiger partial charge < -0.3 is 10.5 Å². The lowest BCUT2D eigenvalue weighted by atomic mass is 10.2. The molecule has 0 saturated carbocycles. The van der Waals surface area contributed by atoms with Crippen molar-refractivity contribution in [3.05, 3.63) is 0 Å². The third-order valence-electron chi connectivity index (χ3n) is 1.01. The molecule has 2 N–H and O–H groups in total. The Hall–Kier alpha value is -1.01. The molecule has 0 fully saturated rings. The topological polar surface area (TPSA) is 52.3 Å². The van der Waals surface area contributed by atoms with Crippen LogP contribution < -0.4 is 5.73 Å². The zero-order chi connectivity index (χ0) is 7.98. The summed E-state index contributed by atoms with van der Waals surface area (Å²) in [6.07, 6.45) is 4.98. The van der Waals surface area contributed by atoms with Crippen LogP contribution in [-0.4, -0.2) is 19.1 Å². The third kappa shape index (κ3) is 2.51. The van der Waals surface area contributed by atoms with E-state index in [0.29, 0.717) is 6.61 Å². The molecule has 0 spiro atoms. The molecule has 0 radical (unpaired) electrons. The van der Waals surface area contributed by atoms with Crippen LogP contribution in [0.4, 0.5) is 0 Å². The van der Waals surface area contributed by atoms with Crippen LogP contribution in [-0.2, 0) is 9.53 Å². The number of carbonyl (C=O) groups excluding carboxylic acids is 1. The maximum Gasteiger partial charge on any atom is 0.322 e. The van der Waals surface area contributed by atoms with Gasteiger partial charge in [0.15, 0.2) is 0 Å². The summed E-state index contributed by atoms with van der Waals surface area (Å²) >= 11 is 0. The molecule has 10 heavy (non-hydrogen) atoms. The van der Waals surface area contributed by atoms with Gasteiger partial charge in [0.2, 0.25) is 0 Å². The van der Waals surface area contributed by atoms with E-state index < -0.39 is 11.9 Å². The van der Waals surface area contributed by atoms with Gasteiger partial charge in [-0.05, 0) is 6.92 Å². The highest BCUT2D eigenvalue weighted by atomic mass is 16.5. The van der Waals surface area contributed by atoms with Gasteiger partial charge in [0, 0.05) is 6.54 Å². The maximum atomic E-state index is 10.8. The van der Waals surface area contributed by atoms with E-state index in [0.717, 1.165) is 0 Å². The Balaban J connectivity index is 3.80. The molecule has 1 unspecified atom stereocenters. The van der Waals surface area contributed by atoms with Crippen molar-refractivity contribution in [2.75, 3.05) is 13.2 Å². The fraction of sp³-hybridized carbons (Fsp3) is 0.571. The van der Waals surface area contributed by atoms with Gasteiger partial charge in [-0.2, -0.15) is 0 Å². The normalized spacial score (nSPS) is 11.7. The van der Waals surface area contributed by atoms with Gasteiger partial charge in [0.25, 0.3) is 0 Å².